The molecule has 3 unspecified atom stereocenters. The third kappa shape index (κ3) is 4.69. The van der Waals surface area contributed by atoms with Gasteiger partial charge < -0.3 is 14.3 Å². The number of rotatable bonds is 6. The van der Waals surface area contributed by atoms with Crippen molar-refractivity contribution in [1.29, 1.82) is 0 Å². The normalized spacial score (nSPS) is 26.1. The molecule has 1 saturated heterocycles. The van der Waals surface area contributed by atoms with Gasteiger partial charge in [0.15, 0.2) is 10.2 Å². The predicted molar refractivity (Wildman–Crippen MR) is 124 cm³/mol. The van der Waals surface area contributed by atoms with Gasteiger partial charge in [0.1, 0.15) is 5.70 Å². The van der Waals surface area contributed by atoms with Crippen molar-refractivity contribution in [2.75, 3.05) is 5.33 Å². The minimum Gasteiger partial charge on any atom is -0.614 e. The topological polar surface area (TPSA) is 98.8 Å². The first-order chi connectivity index (χ1) is 14.0. The second kappa shape index (κ2) is 9.15. The molecular weight excluding hydrogens is 556 g/mol. The molecule has 1 aromatic rings. The molecule has 0 saturated carbocycles. The Balaban J connectivity index is 1.82. The number of carbonyl (C=O) groups is 3. The Labute approximate surface area is 196 Å². The van der Waals surface area contributed by atoms with Gasteiger partial charge in [0.25, 0.3) is 5.91 Å². The summed E-state index contributed by atoms with van der Waals surface area (Å²) < 4.78 is 18.0. The average Bonchev–Trinajstić information content (AvgIpc) is 2.67. The van der Waals surface area contributed by atoms with Crippen LogP contribution in [0.2, 0.25) is 19.6 Å². The van der Waals surface area contributed by atoms with Gasteiger partial charge in [-0.25, -0.2) is 4.79 Å². The van der Waals surface area contributed by atoms with E-state index in [9.17, 15) is 18.9 Å². The third-order valence-corrected chi connectivity index (χ3v) is 9.28. The van der Waals surface area contributed by atoms with Crippen molar-refractivity contribution >= 4 is 69.1 Å². The molecule has 0 radical (unpaired) electrons. The lowest BCUT2D eigenvalue weighted by atomic mass is 10.0. The maximum absolute atomic E-state index is 13.0. The zero-order valence-electron chi connectivity index (χ0n) is 16.7. The first-order valence-corrected chi connectivity index (χ1v) is 16.0. The van der Waals surface area contributed by atoms with E-state index in [0.717, 1.165) is 5.56 Å². The molecule has 3 rings (SSSR count). The second-order valence-electron chi connectivity index (χ2n) is 7.96. The molecule has 1 N–H and O–H groups in total. The molecule has 0 aliphatic carbocycles. The summed E-state index contributed by atoms with van der Waals surface area (Å²) in [6.45, 7) is 5.61. The lowest BCUT2D eigenvalue weighted by molar-refractivity contribution is -0.150. The van der Waals surface area contributed by atoms with Crippen molar-refractivity contribution in [3.63, 3.8) is 0 Å². The molecule has 1 aromatic carbocycles. The number of benzene rings is 1. The Morgan fingerprint density at radius 1 is 1.27 bits per heavy atom. The summed E-state index contributed by atoms with van der Waals surface area (Å²) in [4.78, 5) is 39.4. The Morgan fingerprint density at radius 2 is 1.90 bits per heavy atom. The van der Waals surface area contributed by atoms with Crippen LogP contribution in [0.15, 0.2) is 41.6 Å². The summed E-state index contributed by atoms with van der Waals surface area (Å²) >= 11 is 5.17. The quantitative estimate of drug-likeness (QED) is 0.242. The van der Waals surface area contributed by atoms with Gasteiger partial charge in [-0.1, -0.05) is 46.3 Å². The van der Waals surface area contributed by atoms with Gasteiger partial charge in [-0.05, 0) is 52.3 Å². The zero-order valence-corrected chi connectivity index (χ0v) is 21.7. The molecule has 11 heteroatoms. The van der Waals surface area contributed by atoms with Gasteiger partial charge in [-0.15, -0.1) is 0 Å². The number of β-lactam (4-membered cyclic amide) rings is 1. The highest BCUT2D eigenvalue weighted by Crippen LogP contribution is 2.43. The highest BCUT2D eigenvalue weighted by atomic mass is 79.9. The van der Waals surface area contributed by atoms with Crippen molar-refractivity contribution in [2.24, 2.45) is 0 Å². The maximum Gasteiger partial charge on any atom is 0.342 e. The molecule has 4 atom stereocenters. The van der Waals surface area contributed by atoms with Crippen LogP contribution in [0.5, 0.6) is 0 Å². The SMILES string of the molecule is C[Si](C)(C)OC(=O)C1=C(CBr)C(Br)[S+]([O-])[C@H]2C(NC(=O)Cc3ccccc3)C(=O)N12. The lowest BCUT2D eigenvalue weighted by Gasteiger charge is -2.50. The van der Waals surface area contributed by atoms with Crippen molar-refractivity contribution in [3.05, 3.63) is 47.2 Å². The molecule has 0 spiro atoms. The molecule has 7 nitrogen and oxygen atoms in total. The van der Waals surface area contributed by atoms with E-state index in [2.05, 4.69) is 37.2 Å². The number of alkyl halides is 2. The van der Waals surface area contributed by atoms with Gasteiger partial charge in [0.05, 0.1) is 6.42 Å². The minimum atomic E-state index is -2.22. The molecule has 0 aromatic heterocycles. The number of fused-ring (bicyclic) bond motifs is 1. The first kappa shape index (κ1) is 23.5. The average molecular weight is 578 g/mol. The van der Waals surface area contributed by atoms with E-state index in [4.69, 9.17) is 4.43 Å². The number of amides is 2. The van der Waals surface area contributed by atoms with Crippen LogP contribution in [0.4, 0.5) is 0 Å². The monoisotopic (exact) mass is 576 g/mol. The molecule has 2 aliphatic heterocycles. The van der Waals surface area contributed by atoms with E-state index < -0.39 is 46.9 Å². The zero-order chi connectivity index (χ0) is 22.2. The van der Waals surface area contributed by atoms with Crippen LogP contribution in [0.3, 0.4) is 0 Å². The number of carbonyl (C=O) groups excluding carboxylic acids is 3. The molecule has 1 fully saturated rings. The van der Waals surface area contributed by atoms with Crippen LogP contribution in [0.25, 0.3) is 0 Å². The van der Waals surface area contributed by atoms with Crippen molar-refractivity contribution in [1.82, 2.24) is 10.2 Å². The smallest absolute Gasteiger partial charge is 0.342 e. The van der Waals surface area contributed by atoms with Crippen LogP contribution < -0.4 is 5.32 Å². The summed E-state index contributed by atoms with van der Waals surface area (Å²) in [7, 11) is -2.22. The van der Waals surface area contributed by atoms with Crippen LogP contribution in [0, 0.1) is 0 Å². The summed E-state index contributed by atoms with van der Waals surface area (Å²) in [6.07, 6.45) is 0.106. The summed E-state index contributed by atoms with van der Waals surface area (Å²) in [6, 6.07) is 8.19. The summed E-state index contributed by atoms with van der Waals surface area (Å²) in [5.41, 5.74) is 1.41. The summed E-state index contributed by atoms with van der Waals surface area (Å²) in [5, 5.41) is 2.11. The fraction of sp³-hybridized carbons (Fsp3) is 0.421. The van der Waals surface area contributed by atoms with E-state index in [1.807, 2.05) is 50.0 Å². The fourth-order valence-corrected chi connectivity index (χ4v) is 7.81. The molecule has 2 amide bonds. The standard InChI is InChI=1S/C19H22Br2N2O5SSi/c1-30(2,3)28-19(26)15-12(10-20)16(21)29(27)18-14(17(25)23(15)18)22-13(24)9-11-7-5-4-6-8-11/h4-8,14,16,18H,9-10H2,1-3H3,(H,22,24)/t14?,16?,18-,29?/m0/s1. The Morgan fingerprint density at radius 3 is 2.47 bits per heavy atom. The van der Waals surface area contributed by atoms with Crippen LogP contribution in [-0.4, -0.2) is 56.5 Å². The lowest BCUT2D eigenvalue weighted by Crippen LogP contribution is -2.75. The molecule has 30 heavy (non-hydrogen) atoms. The summed E-state index contributed by atoms with van der Waals surface area (Å²) in [5.74, 6) is -1.41. The van der Waals surface area contributed by atoms with Crippen LogP contribution in [-0.2, 0) is 36.4 Å². The van der Waals surface area contributed by atoms with Gasteiger partial charge in [0.2, 0.25) is 19.6 Å². The van der Waals surface area contributed by atoms with Crippen molar-refractivity contribution in [3.8, 4) is 0 Å². The van der Waals surface area contributed by atoms with E-state index in [-0.39, 0.29) is 23.4 Å². The number of nitrogens with zero attached hydrogens (tertiary/aromatic N) is 1. The predicted octanol–water partition coefficient (Wildman–Crippen LogP) is 2.39. The molecule has 0 bridgehead atoms. The van der Waals surface area contributed by atoms with E-state index in [1.54, 1.807) is 0 Å². The molecule has 162 valence electrons. The minimum absolute atomic E-state index is 0.106. The van der Waals surface area contributed by atoms with Crippen molar-refractivity contribution < 1.29 is 23.4 Å². The third-order valence-electron chi connectivity index (χ3n) is 4.56. The second-order valence-corrected chi connectivity index (χ2v) is 16.1. The number of hydrogen-bond acceptors (Lipinski definition) is 5. The van der Waals surface area contributed by atoms with Gasteiger partial charge >= 0.3 is 5.97 Å². The van der Waals surface area contributed by atoms with E-state index in [0.29, 0.717) is 5.57 Å². The highest BCUT2D eigenvalue weighted by Gasteiger charge is 2.63. The first-order valence-electron chi connectivity index (χ1n) is 9.27. The highest BCUT2D eigenvalue weighted by molar-refractivity contribution is 9.11. The Hall–Kier alpha value is -1.14. The molecule has 2 heterocycles. The van der Waals surface area contributed by atoms with Crippen LogP contribution in [0.1, 0.15) is 5.56 Å². The van der Waals surface area contributed by atoms with Gasteiger partial charge in [-0.3, -0.25) is 14.5 Å². The van der Waals surface area contributed by atoms with E-state index >= 15 is 0 Å². The number of halogens is 2. The maximum atomic E-state index is 13.0. The van der Waals surface area contributed by atoms with Gasteiger partial charge in [0, 0.05) is 10.9 Å². The number of nitrogens with one attached hydrogen (secondary N) is 1. The Kier molecular flexibility index (Phi) is 7.17. The van der Waals surface area contributed by atoms with E-state index in [1.165, 1.54) is 4.90 Å². The number of hydrogen-bond donors (Lipinski definition) is 1. The largest absolute Gasteiger partial charge is 0.614 e. The Bertz CT molecular complexity index is 893. The fourth-order valence-electron chi connectivity index (χ4n) is 3.28. The molecular formula is C19H22Br2N2O5SSi. The molecule has 2 aliphatic rings. The van der Waals surface area contributed by atoms with Crippen LogP contribution >= 0.6 is 31.9 Å². The van der Waals surface area contributed by atoms with Gasteiger partial charge in [-0.2, -0.15) is 0 Å². The van der Waals surface area contributed by atoms with Crippen molar-refractivity contribution in [2.45, 2.75) is 41.6 Å².